The van der Waals surface area contributed by atoms with Crippen LogP contribution in [0.2, 0.25) is 0 Å². The minimum absolute atomic E-state index is 1.23. The van der Waals surface area contributed by atoms with Gasteiger partial charge in [0.1, 0.15) is 0 Å². The average Bonchev–Trinajstić information content (AvgIpc) is 1.76. The van der Waals surface area contributed by atoms with Crippen LogP contribution in [0.15, 0.2) is 4.99 Å². The van der Waals surface area contributed by atoms with Crippen molar-refractivity contribution in [3.63, 3.8) is 0 Å². The van der Waals surface area contributed by atoms with Gasteiger partial charge >= 0.3 is 0 Å². The molecule has 0 saturated heterocycles. The van der Waals surface area contributed by atoms with Gasteiger partial charge in [-0.3, -0.25) is 0 Å². The lowest BCUT2D eigenvalue weighted by molar-refractivity contribution is 0.691. The largest absolute Gasteiger partial charge is 0.412 e. The van der Waals surface area contributed by atoms with Gasteiger partial charge in [0.05, 0.1) is 12.0 Å². The Kier molecular flexibility index (Phi) is 0.792. The van der Waals surface area contributed by atoms with Crippen LogP contribution >= 0.6 is 12.0 Å². The molecule has 0 atom stereocenters. The average molecular weight is 88.1 g/mol. The van der Waals surface area contributed by atoms with E-state index in [9.17, 15) is 0 Å². The maximum Gasteiger partial charge on any atom is 0.187 e. The van der Waals surface area contributed by atoms with Crippen LogP contribution in [0.4, 0.5) is 0 Å². The van der Waals surface area contributed by atoms with Crippen LogP contribution < -0.4 is 0 Å². The van der Waals surface area contributed by atoms with E-state index < -0.39 is 0 Å². The van der Waals surface area contributed by atoms with Crippen LogP contribution in [0, 0.1) is 5.88 Å². The van der Waals surface area contributed by atoms with E-state index in [1.807, 2.05) is 0 Å². The molecular weight excluding hydrogens is 86.1 g/mol. The molecule has 27 valence electrons. The number of hydrogen-bond donors (Lipinski definition) is 0. The lowest BCUT2D eigenvalue weighted by atomic mass is 11.3. The van der Waals surface area contributed by atoms with Crippen LogP contribution in [-0.4, -0.2) is 6.40 Å². The zero-order valence-electron chi connectivity index (χ0n) is 2.42. The molecule has 0 spiro atoms. The van der Waals surface area contributed by atoms with Gasteiger partial charge in [0, 0.05) is 0 Å². The summed E-state index contributed by atoms with van der Waals surface area (Å²) in [5, 5.41) is 0. The van der Waals surface area contributed by atoms with E-state index >= 15 is 0 Å². The Morgan fingerprint density at radius 1 is 1.80 bits per heavy atom. The predicted molar refractivity (Wildman–Crippen MR) is 21.5 cm³/mol. The number of rotatable bonds is 0. The van der Waals surface area contributed by atoms with E-state index in [0.717, 1.165) is 0 Å². The van der Waals surface area contributed by atoms with Crippen molar-refractivity contribution >= 4 is 18.4 Å². The van der Waals surface area contributed by atoms with Crippen molar-refractivity contribution in [2.24, 2.45) is 4.99 Å². The Bertz CT molecular complexity index is 47.6. The quantitative estimate of drug-likeness (QED) is 0.409. The SMILES string of the molecule is [CH]1N=COS1. The van der Waals surface area contributed by atoms with Crippen LogP contribution in [0.1, 0.15) is 0 Å². The van der Waals surface area contributed by atoms with Crippen LogP contribution in [0.5, 0.6) is 0 Å². The summed E-state index contributed by atoms with van der Waals surface area (Å²) < 4.78 is 4.51. The Balaban J connectivity index is 2.32. The molecule has 2 nitrogen and oxygen atoms in total. The van der Waals surface area contributed by atoms with Gasteiger partial charge in [-0.05, 0) is 0 Å². The molecule has 0 fully saturated rings. The van der Waals surface area contributed by atoms with E-state index in [0.29, 0.717) is 0 Å². The molecule has 0 bridgehead atoms. The molecule has 0 aliphatic carbocycles. The molecule has 1 aliphatic rings. The maximum absolute atomic E-state index is 4.51. The van der Waals surface area contributed by atoms with E-state index in [1.54, 1.807) is 5.88 Å². The molecule has 0 unspecified atom stereocenters. The fourth-order valence-corrected chi connectivity index (χ4v) is 0.373. The summed E-state index contributed by atoms with van der Waals surface area (Å²) in [6.07, 6.45) is 1.39. The fourth-order valence-electron chi connectivity index (χ4n) is 0.124. The third-order valence-corrected chi connectivity index (χ3v) is 0.668. The normalized spacial score (nSPS) is 19.2. The van der Waals surface area contributed by atoms with Crippen LogP contribution in [-0.2, 0) is 4.18 Å². The molecule has 0 amide bonds. The summed E-state index contributed by atoms with van der Waals surface area (Å²) in [7, 11) is 0. The topological polar surface area (TPSA) is 21.6 Å². The maximum atomic E-state index is 4.51. The molecule has 0 saturated carbocycles. The zero-order valence-corrected chi connectivity index (χ0v) is 3.23. The van der Waals surface area contributed by atoms with Gasteiger partial charge in [-0.2, -0.15) is 0 Å². The first-order valence-corrected chi connectivity index (χ1v) is 1.96. The Morgan fingerprint density at radius 3 is 3.00 bits per heavy atom. The molecule has 0 aromatic carbocycles. The molecular formula is C2H2NOS. The van der Waals surface area contributed by atoms with Gasteiger partial charge in [-0.25, -0.2) is 4.99 Å². The first-order chi connectivity index (χ1) is 2.50. The van der Waals surface area contributed by atoms with Crippen LogP contribution in [0.3, 0.4) is 0 Å². The third-order valence-electron chi connectivity index (χ3n) is 0.263. The zero-order chi connectivity index (χ0) is 3.54. The number of nitrogens with zero attached hydrogens (tertiary/aromatic N) is 1. The molecule has 0 N–H and O–H groups in total. The van der Waals surface area contributed by atoms with Crippen LogP contribution in [0.25, 0.3) is 0 Å². The molecule has 0 aromatic rings. The van der Waals surface area contributed by atoms with Crippen molar-refractivity contribution in [3.8, 4) is 0 Å². The second-order valence-corrected chi connectivity index (χ2v) is 1.15. The van der Waals surface area contributed by atoms with Gasteiger partial charge < -0.3 is 4.18 Å². The monoisotopic (exact) mass is 88.0 g/mol. The van der Waals surface area contributed by atoms with Gasteiger partial charge in [-0.15, -0.1) is 0 Å². The third kappa shape index (κ3) is 0.545. The number of aliphatic imine (C=N–C) groups is 1. The van der Waals surface area contributed by atoms with Crippen molar-refractivity contribution in [1.82, 2.24) is 0 Å². The fraction of sp³-hybridized carbons (Fsp3) is 0. The van der Waals surface area contributed by atoms with Gasteiger partial charge in [-0.1, -0.05) is 0 Å². The predicted octanol–water partition coefficient (Wildman–Crippen LogP) is 0.812. The highest BCUT2D eigenvalue weighted by Gasteiger charge is 1.88. The van der Waals surface area contributed by atoms with Crippen molar-refractivity contribution in [3.05, 3.63) is 5.88 Å². The van der Waals surface area contributed by atoms with E-state index in [2.05, 4.69) is 9.18 Å². The van der Waals surface area contributed by atoms with Gasteiger partial charge in [0.2, 0.25) is 0 Å². The van der Waals surface area contributed by atoms with Crippen molar-refractivity contribution < 1.29 is 4.18 Å². The van der Waals surface area contributed by atoms with E-state index in [1.165, 1.54) is 18.4 Å². The van der Waals surface area contributed by atoms with Gasteiger partial charge in [0.15, 0.2) is 12.3 Å². The molecule has 5 heavy (non-hydrogen) atoms. The molecule has 1 heterocycles. The first kappa shape index (κ1) is 3.03. The molecule has 1 aliphatic heterocycles. The standard InChI is InChI=1S/C2H2NOS/c1-3-2-5-4-1/h1-2H. The second-order valence-electron chi connectivity index (χ2n) is 0.552. The Labute approximate surface area is 34.4 Å². The van der Waals surface area contributed by atoms with E-state index in [-0.39, 0.29) is 0 Å². The van der Waals surface area contributed by atoms with Crippen molar-refractivity contribution in [1.29, 1.82) is 0 Å². The van der Waals surface area contributed by atoms with Crippen molar-refractivity contribution in [2.45, 2.75) is 0 Å². The summed E-state index contributed by atoms with van der Waals surface area (Å²) in [4.78, 5) is 3.57. The highest BCUT2D eigenvalue weighted by Crippen LogP contribution is 2.10. The smallest absolute Gasteiger partial charge is 0.187 e. The highest BCUT2D eigenvalue weighted by atomic mass is 32.2. The number of hydrogen-bond acceptors (Lipinski definition) is 3. The lowest BCUT2D eigenvalue weighted by Gasteiger charge is -1.72. The van der Waals surface area contributed by atoms with E-state index in [4.69, 9.17) is 0 Å². The molecule has 1 rings (SSSR count). The molecule has 1 radical (unpaired) electrons. The second kappa shape index (κ2) is 1.31. The minimum Gasteiger partial charge on any atom is -0.412 e. The molecule has 0 aromatic heterocycles. The summed E-state index contributed by atoms with van der Waals surface area (Å²) >= 11 is 1.23. The highest BCUT2D eigenvalue weighted by molar-refractivity contribution is 7.97. The lowest BCUT2D eigenvalue weighted by Crippen LogP contribution is -1.55. The summed E-state index contributed by atoms with van der Waals surface area (Å²) in [5.41, 5.74) is 0. The Morgan fingerprint density at radius 2 is 2.80 bits per heavy atom. The summed E-state index contributed by atoms with van der Waals surface area (Å²) in [6.45, 7) is 0. The minimum atomic E-state index is 1.23. The molecule has 3 heteroatoms. The van der Waals surface area contributed by atoms with Gasteiger partial charge in [0.25, 0.3) is 0 Å². The first-order valence-electron chi connectivity index (χ1n) is 1.15. The van der Waals surface area contributed by atoms with Crippen molar-refractivity contribution in [2.75, 3.05) is 0 Å². The summed E-state index contributed by atoms with van der Waals surface area (Å²) in [6, 6.07) is 0. The Hall–Kier alpha value is -0.180. The summed E-state index contributed by atoms with van der Waals surface area (Å²) in [5.74, 6) is 1.62.